The second-order valence-electron chi connectivity index (χ2n) is 4.79. The van der Waals surface area contributed by atoms with Crippen LogP contribution in [0, 0.1) is 11.7 Å². The smallest absolute Gasteiger partial charge is 0.126 e. The summed E-state index contributed by atoms with van der Waals surface area (Å²) in [5.41, 5.74) is 0.678. The van der Waals surface area contributed by atoms with Crippen molar-refractivity contribution < 1.29 is 9.50 Å². The lowest BCUT2D eigenvalue weighted by Crippen LogP contribution is -2.10. The summed E-state index contributed by atoms with van der Waals surface area (Å²) >= 11 is 0. The number of rotatable bonds is 4. The summed E-state index contributed by atoms with van der Waals surface area (Å²) in [6.07, 6.45) is 5.99. The highest BCUT2D eigenvalue weighted by Crippen LogP contribution is 2.34. The quantitative estimate of drug-likeness (QED) is 0.827. The van der Waals surface area contributed by atoms with E-state index >= 15 is 0 Å². The van der Waals surface area contributed by atoms with Crippen molar-refractivity contribution in [3.8, 4) is 0 Å². The molecule has 1 aromatic rings. The molecule has 0 saturated heterocycles. The molecule has 1 atom stereocenters. The van der Waals surface area contributed by atoms with E-state index in [1.54, 1.807) is 12.1 Å². The van der Waals surface area contributed by atoms with Gasteiger partial charge in [0, 0.05) is 5.92 Å². The molecule has 0 bridgehead atoms. The molecule has 1 saturated carbocycles. The molecule has 1 unspecified atom stereocenters. The average molecular weight is 222 g/mol. The van der Waals surface area contributed by atoms with Crippen LogP contribution in [0.25, 0.3) is 0 Å². The Morgan fingerprint density at radius 2 is 1.94 bits per heavy atom. The van der Waals surface area contributed by atoms with Gasteiger partial charge in [-0.1, -0.05) is 43.9 Å². The zero-order valence-corrected chi connectivity index (χ0v) is 9.53. The van der Waals surface area contributed by atoms with Gasteiger partial charge in [0.25, 0.3) is 0 Å². The van der Waals surface area contributed by atoms with Gasteiger partial charge in [-0.15, -0.1) is 0 Å². The molecule has 0 radical (unpaired) electrons. The van der Waals surface area contributed by atoms with Crippen LogP contribution < -0.4 is 0 Å². The first-order valence-corrected chi connectivity index (χ1v) is 6.16. The number of hydrogen-bond acceptors (Lipinski definition) is 1. The SMILES string of the molecule is OCC(CC1CCCC1)c1ccccc1F. The maximum absolute atomic E-state index is 13.6. The Bertz CT molecular complexity index is 331. The highest BCUT2D eigenvalue weighted by atomic mass is 19.1. The van der Waals surface area contributed by atoms with Gasteiger partial charge in [0.05, 0.1) is 6.61 Å². The van der Waals surface area contributed by atoms with Gasteiger partial charge in [0.1, 0.15) is 5.82 Å². The van der Waals surface area contributed by atoms with E-state index in [2.05, 4.69) is 0 Å². The topological polar surface area (TPSA) is 20.2 Å². The van der Waals surface area contributed by atoms with E-state index in [0.29, 0.717) is 11.5 Å². The summed E-state index contributed by atoms with van der Waals surface area (Å²) in [7, 11) is 0. The largest absolute Gasteiger partial charge is 0.396 e. The zero-order chi connectivity index (χ0) is 11.4. The molecular formula is C14H19FO. The monoisotopic (exact) mass is 222 g/mol. The van der Waals surface area contributed by atoms with Crippen molar-refractivity contribution in [3.05, 3.63) is 35.6 Å². The van der Waals surface area contributed by atoms with E-state index in [0.717, 1.165) is 6.42 Å². The standard InChI is InChI=1S/C14H19FO/c15-14-8-4-3-7-13(14)12(10-16)9-11-5-1-2-6-11/h3-4,7-8,11-12,16H,1-2,5-6,9-10H2. The Morgan fingerprint density at radius 3 is 2.56 bits per heavy atom. The fourth-order valence-corrected chi connectivity index (χ4v) is 2.75. The second kappa shape index (κ2) is 5.44. The molecule has 2 rings (SSSR count). The van der Waals surface area contributed by atoms with Gasteiger partial charge >= 0.3 is 0 Å². The molecular weight excluding hydrogens is 203 g/mol. The number of hydrogen-bond donors (Lipinski definition) is 1. The van der Waals surface area contributed by atoms with Crippen LogP contribution in [0.5, 0.6) is 0 Å². The summed E-state index contributed by atoms with van der Waals surface area (Å²) in [5.74, 6) is 0.473. The molecule has 1 aliphatic rings. The van der Waals surface area contributed by atoms with Gasteiger partial charge in [0.2, 0.25) is 0 Å². The van der Waals surface area contributed by atoms with E-state index in [1.807, 2.05) is 6.07 Å². The summed E-state index contributed by atoms with van der Waals surface area (Å²) in [4.78, 5) is 0. The number of halogens is 1. The van der Waals surface area contributed by atoms with Crippen LogP contribution in [0.2, 0.25) is 0 Å². The summed E-state index contributed by atoms with van der Waals surface area (Å²) in [6, 6.07) is 6.82. The maximum Gasteiger partial charge on any atom is 0.126 e. The highest BCUT2D eigenvalue weighted by Gasteiger charge is 2.22. The third-order valence-electron chi connectivity index (χ3n) is 3.66. The number of aliphatic hydroxyl groups excluding tert-OH is 1. The molecule has 1 aliphatic carbocycles. The van der Waals surface area contributed by atoms with Crippen LogP contribution in [0.4, 0.5) is 4.39 Å². The third-order valence-corrected chi connectivity index (χ3v) is 3.66. The van der Waals surface area contributed by atoms with Crippen molar-refractivity contribution >= 4 is 0 Å². The Balaban J connectivity index is 2.06. The molecule has 1 nitrogen and oxygen atoms in total. The molecule has 1 N–H and O–H groups in total. The minimum Gasteiger partial charge on any atom is -0.396 e. The lowest BCUT2D eigenvalue weighted by Gasteiger charge is -2.19. The molecule has 0 aliphatic heterocycles. The van der Waals surface area contributed by atoms with E-state index in [9.17, 15) is 9.50 Å². The van der Waals surface area contributed by atoms with Crippen molar-refractivity contribution in [1.82, 2.24) is 0 Å². The first-order valence-electron chi connectivity index (χ1n) is 6.16. The van der Waals surface area contributed by atoms with Gasteiger partial charge < -0.3 is 5.11 Å². The minimum absolute atomic E-state index is 0.0238. The van der Waals surface area contributed by atoms with Gasteiger partial charge in [-0.05, 0) is 24.0 Å². The Kier molecular flexibility index (Phi) is 3.94. The van der Waals surface area contributed by atoms with E-state index < -0.39 is 0 Å². The fourth-order valence-electron chi connectivity index (χ4n) is 2.75. The average Bonchev–Trinajstić information content (AvgIpc) is 2.80. The van der Waals surface area contributed by atoms with E-state index in [-0.39, 0.29) is 18.3 Å². The predicted molar refractivity (Wildman–Crippen MR) is 62.8 cm³/mol. The van der Waals surface area contributed by atoms with Crippen LogP contribution in [-0.2, 0) is 0 Å². The Morgan fingerprint density at radius 1 is 1.25 bits per heavy atom. The van der Waals surface area contributed by atoms with Gasteiger partial charge in [0.15, 0.2) is 0 Å². The molecule has 16 heavy (non-hydrogen) atoms. The highest BCUT2D eigenvalue weighted by molar-refractivity contribution is 5.21. The van der Waals surface area contributed by atoms with Crippen molar-refractivity contribution in [2.45, 2.75) is 38.0 Å². The van der Waals surface area contributed by atoms with Gasteiger partial charge in [-0.25, -0.2) is 4.39 Å². The Hall–Kier alpha value is -0.890. The van der Waals surface area contributed by atoms with Crippen molar-refractivity contribution in [1.29, 1.82) is 0 Å². The Labute approximate surface area is 96.3 Å². The molecule has 0 spiro atoms. The van der Waals surface area contributed by atoms with Crippen LogP contribution in [0.3, 0.4) is 0 Å². The van der Waals surface area contributed by atoms with Crippen LogP contribution >= 0.6 is 0 Å². The molecule has 88 valence electrons. The van der Waals surface area contributed by atoms with Crippen molar-refractivity contribution in [2.75, 3.05) is 6.61 Å². The fraction of sp³-hybridized carbons (Fsp3) is 0.571. The maximum atomic E-state index is 13.6. The summed E-state index contributed by atoms with van der Waals surface area (Å²) in [5, 5.41) is 9.40. The predicted octanol–water partition coefficient (Wildman–Crippen LogP) is 3.48. The normalized spacial score (nSPS) is 18.9. The van der Waals surface area contributed by atoms with Crippen molar-refractivity contribution in [2.24, 2.45) is 5.92 Å². The minimum atomic E-state index is -0.181. The molecule has 0 aromatic heterocycles. The molecule has 1 fully saturated rings. The lowest BCUT2D eigenvalue weighted by molar-refractivity contribution is 0.241. The number of aliphatic hydroxyl groups is 1. The van der Waals surface area contributed by atoms with Gasteiger partial charge in [-0.2, -0.15) is 0 Å². The lowest BCUT2D eigenvalue weighted by atomic mass is 9.88. The van der Waals surface area contributed by atoms with E-state index in [4.69, 9.17) is 0 Å². The summed E-state index contributed by atoms with van der Waals surface area (Å²) in [6.45, 7) is 0.0530. The van der Waals surface area contributed by atoms with E-state index in [1.165, 1.54) is 31.7 Å². The number of benzene rings is 1. The van der Waals surface area contributed by atoms with Crippen LogP contribution in [-0.4, -0.2) is 11.7 Å². The van der Waals surface area contributed by atoms with Gasteiger partial charge in [-0.3, -0.25) is 0 Å². The summed E-state index contributed by atoms with van der Waals surface area (Å²) < 4.78 is 13.6. The second-order valence-corrected chi connectivity index (χ2v) is 4.79. The zero-order valence-electron chi connectivity index (χ0n) is 9.53. The van der Waals surface area contributed by atoms with Crippen molar-refractivity contribution in [3.63, 3.8) is 0 Å². The van der Waals surface area contributed by atoms with Crippen LogP contribution in [0.1, 0.15) is 43.6 Å². The molecule has 2 heteroatoms. The molecule has 0 amide bonds. The third kappa shape index (κ3) is 2.62. The molecule has 1 aromatic carbocycles. The van der Waals surface area contributed by atoms with Crippen LogP contribution in [0.15, 0.2) is 24.3 Å². The molecule has 0 heterocycles. The first kappa shape index (κ1) is 11.6. The first-order chi connectivity index (χ1) is 7.81.